The second-order valence-electron chi connectivity index (χ2n) is 7.72. The first-order valence-electron chi connectivity index (χ1n) is 9.87. The summed E-state index contributed by atoms with van der Waals surface area (Å²) in [6, 6.07) is 18.3. The average Bonchev–Trinajstić information content (AvgIpc) is 2.73. The summed E-state index contributed by atoms with van der Waals surface area (Å²) in [4.78, 5) is 11.5. The van der Waals surface area contributed by atoms with E-state index in [0.717, 1.165) is 5.57 Å². The molecule has 0 fully saturated rings. The summed E-state index contributed by atoms with van der Waals surface area (Å²) >= 11 is 0. The van der Waals surface area contributed by atoms with Crippen molar-refractivity contribution in [1.82, 2.24) is 0 Å². The Labute approximate surface area is 181 Å². The van der Waals surface area contributed by atoms with Gasteiger partial charge >= 0.3 is 0 Å². The summed E-state index contributed by atoms with van der Waals surface area (Å²) in [5, 5.41) is 0. The van der Waals surface area contributed by atoms with E-state index in [1.807, 2.05) is 37.3 Å². The number of rotatable bonds is 10. The van der Waals surface area contributed by atoms with Crippen LogP contribution in [0, 0.1) is 0 Å². The number of methoxy groups -OCH3 is 1. The van der Waals surface area contributed by atoms with Crippen molar-refractivity contribution in [2.45, 2.75) is 33.1 Å². The van der Waals surface area contributed by atoms with E-state index in [1.54, 1.807) is 14.0 Å². The van der Waals surface area contributed by atoms with Crippen LogP contribution in [0.3, 0.4) is 0 Å². The molecule has 2 aromatic carbocycles. The minimum atomic E-state index is -0.0761. The summed E-state index contributed by atoms with van der Waals surface area (Å²) < 4.78 is 15.0. The molecule has 0 heterocycles. The van der Waals surface area contributed by atoms with E-state index in [2.05, 4.69) is 56.0 Å². The number of hydrogen-bond acceptors (Lipinski definition) is 4. The van der Waals surface area contributed by atoms with E-state index < -0.39 is 0 Å². The van der Waals surface area contributed by atoms with Gasteiger partial charge in [0.25, 0.3) is 0 Å². The van der Waals surface area contributed by atoms with Crippen LogP contribution < -0.4 is 4.74 Å². The Morgan fingerprint density at radius 1 is 0.900 bits per heavy atom. The zero-order valence-electron chi connectivity index (χ0n) is 18.9. The van der Waals surface area contributed by atoms with Gasteiger partial charge in [-0.25, -0.2) is 0 Å². The SMILES string of the molecule is C=C(C)C(=O)COc1ccc(C(C)(C)c2ccccc2)cc1.C=C(C)COCOC. The van der Waals surface area contributed by atoms with Crippen LogP contribution in [0.5, 0.6) is 5.75 Å². The molecule has 0 radical (unpaired) electrons. The highest BCUT2D eigenvalue weighted by Crippen LogP contribution is 2.32. The summed E-state index contributed by atoms with van der Waals surface area (Å²) in [6.07, 6.45) is 0. The maximum Gasteiger partial charge on any atom is 0.195 e. The third-order valence-electron chi connectivity index (χ3n) is 4.47. The first kappa shape index (κ1) is 25.3. The molecule has 4 heteroatoms. The van der Waals surface area contributed by atoms with Gasteiger partial charge in [0.05, 0.1) is 6.61 Å². The summed E-state index contributed by atoms with van der Waals surface area (Å²) in [5.74, 6) is 0.621. The van der Waals surface area contributed by atoms with Crippen molar-refractivity contribution in [3.63, 3.8) is 0 Å². The van der Waals surface area contributed by atoms with Gasteiger partial charge in [-0.1, -0.05) is 75.0 Å². The molecule has 0 amide bonds. The molecule has 2 rings (SSSR count). The van der Waals surface area contributed by atoms with Gasteiger partial charge in [-0.05, 0) is 42.7 Å². The molecular weight excluding hydrogens is 376 g/mol. The molecule has 0 unspecified atom stereocenters. The second kappa shape index (κ2) is 12.8. The van der Waals surface area contributed by atoms with Gasteiger partial charge in [0, 0.05) is 12.5 Å². The molecule has 0 atom stereocenters. The normalized spacial score (nSPS) is 10.6. The Hall–Kier alpha value is -2.69. The molecule has 0 spiro atoms. The van der Waals surface area contributed by atoms with Gasteiger partial charge in [-0.3, -0.25) is 4.79 Å². The predicted octanol–water partition coefficient (Wildman–Crippen LogP) is 5.72. The molecule has 0 aliphatic rings. The standard InChI is InChI=1S/C20H22O2.C6H12O2/c1-15(2)19(21)14-22-18-12-10-17(11-13-18)20(3,4)16-8-6-5-7-9-16;1-6(2)4-8-5-7-3/h5-13H,1,14H2,2-4H3;1,4-5H2,2-3H3. The molecule has 4 nitrogen and oxygen atoms in total. The largest absolute Gasteiger partial charge is 0.485 e. The molecular formula is C26H34O4. The van der Waals surface area contributed by atoms with Gasteiger partial charge in [0.15, 0.2) is 12.4 Å². The Balaban J connectivity index is 0.000000479. The Morgan fingerprint density at radius 2 is 1.47 bits per heavy atom. The number of benzene rings is 2. The monoisotopic (exact) mass is 410 g/mol. The number of Topliss-reactive ketones (excluding diaryl/α,β-unsaturated/α-hetero) is 1. The highest BCUT2D eigenvalue weighted by atomic mass is 16.7. The second-order valence-corrected chi connectivity index (χ2v) is 7.72. The van der Waals surface area contributed by atoms with E-state index in [1.165, 1.54) is 11.1 Å². The topological polar surface area (TPSA) is 44.8 Å². The smallest absolute Gasteiger partial charge is 0.195 e. The molecule has 0 saturated carbocycles. The molecule has 0 N–H and O–H groups in total. The predicted molar refractivity (Wildman–Crippen MR) is 123 cm³/mol. The number of hydrogen-bond donors (Lipinski definition) is 0. The number of ether oxygens (including phenoxy) is 3. The van der Waals surface area contributed by atoms with Crippen LogP contribution in [0.4, 0.5) is 0 Å². The lowest BCUT2D eigenvalue weighted by Crippen LogP contribution is -2.18. The third-order valence-corrected chi connectivity index (χ3v) is 4.47. The molecule has 162 valence electrons. The van der Waals surface area contributed by atoms with Crippen molar-refractivity contribution in [2.24, 2.45) is 0 Å². The molecule has 0 aliphatic carbocycles. The summed E-state index contributed by atoms with van der Waals surface area (Å²) in [6.45, 7) is 16.2. The van der Waals surface area contributed by atoms with E-state index in [-0.39, 0.29) is 17.8 Å². The minimum Gasteiger partial charge on any atom is -0.485 e. The summed E-state index contributed by atoms with van der Waals surface area (Å²) in [5.41, 5.74) is 3.93. The van der Waals surface area contributed by atoms with Crippen LogP contribution in [0.1, 0.15) is 38.8 Å². The van der Waals surface area contributed by atoms with Crippen molar-refractivity contribution in [3.8, 4) is 5.75 Å². The first-order chi connectivity index (χ1) is 14.2. The maximum atomic E-state index is 11.5. The molecule has 2 aromatic rings. The number of carbonyl (C=O) groups excluding carboxylic acids is 1. The fourth-order valence-electron chi connectivity index (χ4n) is 2.56. The van der Waals surface area contributed by atoms with Gasteiger partial charge in [0.1, 0.15) is 12.5 Å². The van der Waals surface area contributed by atoms with Crippen molar-refractivity contribution in [2.75, 3.05) is 27.1 Å². The highest BCUT2D eigenvalue weighted by Gasteiger charge is 2.22. The van der Waals surface area contributed by atoms with Gasteiger partial charge in [0.2, 0.25) is 0 Å². The van der Waals surface area contributed by atoms with E-state index in [0.29, 0.717) is 24.7 Å². The Bertz CT molecular complexity index is 805. The molecule has 0 saturated heterocycles. The molecule has 0 aromatic heterocycles. The Kier molecular flexibility index (Phi) is 10.8. The van der Waals surface area contributed by atoms with Crippen LogP contribution in [-0.2, 0) is 19.7 Å². The van der Waals surface area contributed by atoms with E-state index in [9.17, 15) is 4.79 Å². The van der Waals surface area contributed by atoms with E-state index in [4.69, 9.17) is 9.47 Å². The lowest BCUT2D eigenvalue weighted by Gasteiger charge is -2.26. The fourth-order valence-corrected chi connectivity index (χ4v) is 2.56. The third kappa shape index (κ3) is 8.76. The first-order valence-corrected chi connectivity index (χ1v) is 9.87. The van der Waals surface area contributed by atoms with Crippen molar-refractivity contribution >= 4 is 5.78 Å². The van der Waals surface area contributed by atoms with Gasteiger partial charge in [-0.15, -0.1) is 0 Å². The van der Waals surface area contributed by atoms with Crippen LogP contribution in [-0.4, -0.2) is 32.9 Å². The summed E-state index contributed by atoms with van der Waals surface area (Å²) in [7, 11) is 1.60. The number of carbonyl (C=O) groups is 1. The van der Waals surface area contributed by atoms with Gasteiger partial charge in [-0.2, -0.15) is 0 Å². The molecule has 0 bridgehead atoms. The van der Waals surface area contributed by atoms with Crippen molar-refractivity contribution in [3.05, 3.63) is 90.0 Å². The lowest BCUT2D eigenvalue weighted by molar-refractivity contribution is -0.117. The lowest BCUT2D eigenvalue weighted by atomic mass is 9.78. The van der Waals surface area contributed by atoms with Crippen LogP contribution >= 0.6 is 0 Å². The highest BCUT2D eigenvalue weighted by molar-refractivity contribution is 5.95. The zero-order chi connectivity index (χ0) is 22.6. The van der Waals surface area contributed by atoms with Crippen molar-refractivity contribution < 1.29 is 19.0 Å². The number of ketones is 1. The maximum absolute atomic E-state index is 11.5. The van der Waals surface area contributed by atoms with Crippen LogP contribution in [0.25, 0.3) is 0 Å². The van der Waals surface area contributed by atoms with Crippen molar-refractivity contribution in [1.29, 1.82) is 0 Å². The quantitative estimate of drug-likeness (QED) is 0.217. The molecule has 30 heavy (non-hydrogen) atoms. The van der Waals surface area contributed by atoms with Crippen LogP contribution in [0.2, 0.25) is 0 Å². The average molecular weight is 411 g/mol. The zero-order valence-corrected chi connectivity index (χ0v) is 18.9. The Morgan fingerprint density at radius 3 is 1.97 bits per heavy atom. The molecule has 0 aliphatic heterocycles. The fraction of sp³-hybridized carbons (Fsp3) is 0.346. The van der Waals surface area contributed by atoms with Crippen LogP contribution in [0.15, 0.2) is 78.9 Å². The van der Waals surface area contributed by atoms with Gasteiger partial charge < -0.3 is 14.2 Å². The van der Waals surface area contributed by atoms with E-state index >= 15 is 0 Å². The minimum absolute atomic E-state index is 0.0385.